The molecule has 9 heteroatoms. The van der Waals surface area contributed by atoms with Crippen molar-refractivity contribution in [2.24, 2.45) is 0 Å². The monoisotopic (exact) mass is 434 g/mol. The minimum Gasteiger partial charge on any atom is -0.454 e. The molecule has 0 spiro atoms. The van der Waals surface area contributed by atoms with E-state index in [-0.39, 0.29) is 13.3 Å². The number of carbonyl (C=O) groups excluding carboxylic acids is 3. The molecule has 0 radical (unpaired) electrons. The third-order valence-corrected chi connectivity index (χ3v) is 3.99. The van der Waals surface area contributed by atoms with Crippen molar-refractivity contribution in [2.75, 3.05) is 25.3 Å². The molecule has 2 amide bonds. The first-order valence-electron chi connectivity index (χ1n) is 7.90. The molecule has 0 fully saturated rings. The van der Waals surface area contributed by atoms with Crippen molar-refractivity contribution in [1.29, 1.82) is 0 Å². The number of anilines is 1. The van der Waals surface area contributed by atoms with Crippen LogP contribution in [-0.4, -0.2) is 37.7 Å². The molecule has 0 unspecified atom stereocenters. The van der Waals surface area contributed by atoms with Crippen LogP contribution in [0.5, 0.6) is 11.5 Å². The van der Waals surface area contributed by atoms with Crippen LogP contribution < -0.4 is 20.1 Å². The molecule has 27 heavy (non-hydrogen) atoms. The van der Waals surface area contributed by atoms with Gasteiger partial charge < -0.3 is 24.8 Å². The van der Waals surface area contributed by atoms with E-state index in [1.54, 1.807) is 42.5 Å². The molecule has 140 valence electrons. The Balaban J connectivity index is 1.41. The van der Waals surface area contributed by atoms with Gasteiger partial charge in [0.15, 0.2) is 18.1 Å². The molecule has 1 aliphatic rings. The van der Waals surface area contributed by atoms with Gasteiger partial charge >= 0.3 is 5.97 Å². The maximum atomic E-state index is 11.9. The highest BCUT2D eigenvalue weighted by Gasteiger charge is 2.15. The zero-order valence-electron chi connectivity index (χ0n) is 14.0. The highest BCUT2D eigenvalue weighted by atomic mass is 79.9. The van der Waals surface area contributed by atoms with Gasteiger partial charge in [0.1, 0.15) is 6.54 Å². The quantitative estimate of drug-likeness (QED) is 0.674. The molecule has 1 heterocycles. The van der Waals surface area contributed by atoms with Crippen LogP contribution in [0.1, 0.15) is 10.4 Å². The first-order valence-corrected chi connectivity index (χ1v) is 8.69. The van der Waals surface area contributed by atoms with E-state index in [9.17, 15) is 14.4 Å². The topological polar surface area (TPSA) is 103 Å². The van der Waals surface area contributed by atoms with Crippen LogP contribution in [-0.2, 0) is 14.3 Å². The third-order valence-electron chi connectivity index (χ3n) is 3.50. The fourth-order valence-corrected chi connectivity index (χ4v) is 2.65. The fraction of sp³-hybridized carbons (Fsp3) is 0.167. The van der Waals surface area contributed by atoms with Crippen molar-refractivity contribution < 1.29 is 28.6 Å². The van der Waals surface area contributed by atoms with Crippen LogP contribution in [0.3, 0.4) is 0 Å². The van der Waals surface area contributed by atoms with E-state index in [0.29, 0.717) is 22.7 Å². The van der Waals surface area contributed by atoms with E-state index in [2.05, 4.69) is 26.6 Å². The number of ether oxygens (including phenoxy) is 3. The Morgan fingerprint density at radius 1 is 1.07 bits per heavy atom. The number of nitrogens with one attached hydrogen (secondary N) is 2. The van der Waals surface area contributed by atoms with Crippen LogP contribution in [0.2, 0.25) is 0 Å². The molecule has 2 N–H and O–H groups in total. The van der Waals surface area contributed by atoms with Crippen molar-refractivity contribution in [3.8, 4) is 11.5 Å². The Morgan fingerprint density at radius 3 is 2.70 bits per heavy atom. The zero-order valence-corrected chi connectivity index (χ0v) is 15.6. The van der Waals surface area contributed by atoms with Gasteiger partial charge in [0, 0.05) is 21.8 Å². The standard InChI is InChI=1S/C18H15BrN2O6/c19-12-3-1-2-11(6-12)18(24)20-8-17(23)25-9-16(22)21-13-4-5-14-15(7-13)27-10-26-14/h1-7H,8-10H2,(H,20,24)(H,21,22). The maximum Gasteiger partial charge on any atom is 0.325 e. The summed E-state index contributed by atoms with van der Waals surface area (Å²) >= 11 is 3.26. The lowest BCUT2D eigenvalue weighted by molar-refractivity contribution is -0.146. The minimum absolute atomic E-state index is 0.135. The third kappa shape index (κ3) is 5.20. The zero-order chi connectivity index (χ0) is 19.2. The first kappa shape index (κ1) is 18.7. The normalized spacial score (nSPS) is 11.6. The van der Waals surface area contributed by atoms with Gasteiger partial charge in [0.05, 0.1) is 0 Å². The van der Waals surface area contributed by atoms with Crippen molar-refractivity contribution >= 4 is 39.4 Å². The largest absolute Gasteiger partial charge is 0.454 e. The van der Waals surface area contributed by atoms with Crippen molar-refractivity contribution in [3.05, 3.63) is 52.5 Å². The second kappa shape index (κ2) is 8.54. The van der Waals surface area contributed by atoms with Gasteiger partial charge in [0.25, 0.3) is 11.8 Å². The molecule has 0 aliphatic carbocycles. The molecule has 0 saturated heterocycles. The van der Waals surface area contributed by atoms with E-state index in [1.165, 1.54) is 0 Å². The summed E-state index contributed by atoms with van der Waals surface area (Å²) < 4.78 is 16.0. The smallest absolute Gasteiger partial charge is 0.325 e. The van der Waals surface area contributed by atoms with Gasteiger partial charge in [-0.1, -0.05) is 22.0 Å². The Bertz CT molecular complexity index is 886. The van der Waals surface area contributed by atoms with Crippen molar-refractivity contribution in [3.63, 3.8) is 0 Å². The maximum absolute atomic E-state index is 11.9. The number of amides is 2. The highest BCUT2D eigenvalue weighted by Crippen LogP contribution is 2.34. The molecule has 0 aromatic heterocycles. The van der Waals surface area contributed by atoms with Crippen molar-refractivity contribution in [1.82, 2.24) is 5.32 Å². The summed E-state index contributed by atoms with van der Waals surface area (Å²) in [7, 11) is 0. The predicted octanol–water partition coefficient (Wildman–Crippen LogP) is 2.09. The van der Waals surface area contributed by atoms with Crippen LogP contribution >= 0.6 is 15.9 Å². The summed E-state index contributed by atoms with van der Waals surface area (Å²) in [6, 6.07) is 11.7. The summed E-state index contributed by atoms with van der Waals surface area (Å²) in [5.41, 5.74) is 0.890. The fourth-order valence-electron chi connectivity index (χ4n) is 2.25. The molecule has 1 aliphatic heterocycles. The second-order valence-electron chi connectivity index (χ2n) is 5.47. The second-order valence-corrected chi connectivity index (χ2v) is 6.39. The van der Waals surface area contributed by atoms with Gasteiger partial charge in [-0.05, 0) is 30.3 Å². The number of carbonyl (C=O) groups is 3. The molecule has 2 aromatic rings. The summed E-state index contributed by atoms with van der Waals surface area (Å²) in [6.07, 6.45) is 0. The van der Waals surface area contributed by atoms with Gasteiger partial charge in [-0.2, -0.15) is 0 Å². The molecule has 0 bridgehead atoms. The molecule has 2 aromatic carbocycles. The Kier molecular flexibility index (Phi) is 5.92. The average molecular weight is 435 g/mol. The number of hydrogen-bond donors (Lipinski definition) is 2. The Hall–Kier alpha value is -3.07. The molecular weight excluding hydrogens is 420 g/mol. The summed E-state index contributed by atoms with van der Waals surface area (Å²) in [5, 5.41) is 5.01. The number of halogens is 1. The van der Waals surface area contributed by atoms with Crippen LogP contribution in [0.4, 0.5) is 5.69 Å². The van der Waals surface area contributed by atoms with E-state index in [0.717, 1.165) is 4.47 Å². The number of fused-ring (bicyclic) bond motifs is 1. The SMILES string of the molecule is O=C(COC(=O)CNC(=O)c1cccc(Br)c1)Nc1ccc2c(c1)OCO2. The summed E-state index contributed by atoms with van der Waals surface area (Å²) in [4.78, 5) is 35.5. The first-order chi connectivity index (χ1) is 13.0. The Morgan fingerprint density at radius 2 is 1.89 bits per heavy atom. The average Bonchev–Trinajstić information content (AvgIpc) is 3.12. The lowest BCUT2D eigenvalue weighted by Gasteiger charge is -2.08. The summed E-state index contributed by atoms with van der Waals surface area (Å²) in [6.45, 7) is -0.682. The minimum atomic E-state index is -0.723. The number of esters is 1. The molecule has 8 nitrogen and oxygen atoms in total. The van der Waals surface area contributed by atoms with Gasteiger partial charge in [-0.15, -0.1) is 0 Å². The molecule has 0 atom stereocenters. The van der Waals surface area contributed by atoms with Crippen LogP contribution in [0.15, 0.2) is 46.9 Å². The molecule has 3 rings (SSSR count). The number of hydrogen-bond acceptors (Lipinski definition) is 6. The van der Waals surface area contributed by atoms with Gasteiger partial charge in [0.2, 0.25) is 6.79 Å². The van der Waals surface area contributed by atoms with Gasteiger partial charge in [-0.25, -0.2) is 0 Å². The van der Waals surface area contributed by atoms with Crippen LogP contribution in [0.25, 0.3) is 0 Å². The highest BCUT2D eigenvalue weighted by molar-refractivity contribution is 9.10. The Labute approximate surface area is 162 Å². The van der Waals surface area contributed by atoms with E-state index in [4.69, 9.17) is 14.2 Å². The van der Waals surface area contributed by atoms with E-state index >= 15 is 0 Å². The molecular formula is C18H15BrN2O6. The lowest BCUT2D eigenvalue weighted by Crippen LogP contribution is -2.32. The number of benzene rings is 2. The van der Waals surface area contributed by atoms with E-state index < -0.39 is 24.4 Å². The molecule has 0 saturated carbocycles. The van der Waals surface area contributed by atoms with Crippen LogP contribution in [0, 0.1) is 0 Å². The predicted molar refractivity (Wildman–Crippen MR) is 98.6 cm³/mol. The number of rotatable bonds is 6. The lowest BCUT2D eigenvalue weighted by atomic mass is 10.2. The summed E-state index contributed by atoms with van der Waals surface area (Å²) in [5.74, 6) is -0.529. The van der Waals surface area contributed by atoms with E-state index in [1.807, 2.05) is 0 Å². The van der Waals surface area contributed by atoms with Gasteiger partial charge in [-0.3, -0.25) is 14.4 Å². The van der Waals surface area contributed by atoms with Crippen molar-refractivity contribution in [2.45, 2.75) is 0 Å².